The average Bonchev–Trinajstić information content (AvgIpc) is 3.24. The number of aliphatic hydroxyl groups is 1. The number of aliphatic hydroxyl groups excluding tert-OH is 1. The lowest BCUT2D eigenvalue weighted by Crippen LogP contribution is -2.53. The zero-order valence-electron chi connectivity index (χ0n) is 26.2. The van der Waals surface area contributed by atoms with E-state index < -0.39 is 12.2 Å². The maximum atomic E-state index is 13.9. The van der Waals surface area contributed by atoms with Gasteiger partial charge in [-0.05, 0) is 96.7 Å². The van der Waals surface area contributed by atoms with Crippen LogP contribution < -0.4 is 5.32 Å². The first-order valence-corrected chi connectivity index (χ1v) is 17.3. The van der Waals surface area contributed by atoms with E-state index in [1.807, 2.05) is 29.2 Å². The molecule has 3 fully saturated rings. The van der Waals surface area contributed by atoms with Crippen molar-refractivity contribution in [3.8, 4) is 5.75 Å². The van der Waals surface area contributed by atoms with Crippen molar-refractivity contribution < 1.29 is 29.3 Å². The van der Waals surface area contributed by atoms with Crippen molar-refractivity contribution in [3.63, 3.8) is 0 Å². The van der Waals surface area contributed by atoms with E-state index in [0.29, 0.717) is 62.6 Å². The van der Waals surface area contributed by atoms with Crippen LogP contribution in [-0.4, -0.2) is 118 Å². The van der Waals surface area contributed by atoms with E-state index >= 15 is 0 Å². The summed E-state index contributed by atoms with van der Waals surface area (Å²) >= 11 is 3.35. The van der Waals surface area contributed by atoms with E-state index in [1.165, 1.54) is 0 Å². The van der Waals surface area contributed by atoms with Crippen LogP contribution >= 0.6 is 15.9 Å². The van der Waals surface area contributed by atoms with E-state index in [4.69, 9.17) is 4.74 Å². The van der Waals surface area contributed by atoms with Crippen molar-refractivity contribution in [1.29, 1.82) is 0 Å². The highest BCUT2D eigenvalue weighted by Crippen LogP contribution is 2.28. The number of hydrogen-bond donors (Lipinski definition) is 3. The van der Waals surface area contributed by atoms with Gasteiger partial charge in [-0.2, -0.15) is 0 Å². The Balaban J connectivity index is 1.07. The molecular formula is C34H44BrN5O6. The number of benzene rings is 2. The number of carbonyl (C=O) groups excluding carboxylic acids is 3. The second kappa shape index (κ2) is 14.6. The summed E-state index contributed by atoms with van der Waals surface area (Å²) in [5.74, 6) is -0.122. The van der Waals surface area contributed by atoms with Crippen molar-refractivity contribution in [2.45, 2.75) is 75.7 Å². The average molecular weight is 699 g/mol. The number of rotatable bonds is 6. The number of amides is 4. The van der Waals surface area contributed by atoms with E-state index in [0.717, 1.165) is 55.5 Å². The second-order valence-electron chi connectivity index (χ2n) is 13.0. The number of para-hydroxylation sites is 1. The number of aromatic hydroxyl groups is 1. The summed E-state index contributed by atoms with van der Waals surface area (Å²) in [5, 5.41) is 23.2. The molecule has 0 unspecified atom stereocenters. The monoisotopic (exact) mass is 697 g/mol. The molecule has 0 aliphatic carbocycles. The molecule has 3 N–H and O–H groups in total. The predicted octanol–water partition coefficient (Wildman–Crippen LogP) is 4.20. The number of fused-ring (bicyclic) bond motifs is 1. The van der Waals surface area contributed by atoms with Crippen LogP contribution in [0.2, 0.25) is 0 Å². The summed E-state index contributed by atoms with van der Waals surface area (Å²) in [6.45, 7) is 4.26. The van der Waals surface area contributed by atoms with Crippen LogP contribution in [0.3, 0.4) is 0 Å². The zero-order chi connectivity index (χ0) is 32.2. The molecule has 0 bridgehead atoms. The first-order chi connectivity index (χ1) is 22.2. The highest BCUT2D eigenvalue weighted by molar-refractivity contribution is 9.10. The molecule has 12 heteroatoms. The molecule has 248 valence electrons. The summed E-state index contributed by atoms with van der Waals surface area (Å²) in [6.07, 6.45) is 3.83. The Bertz CT molecular complexity index is 1410. The van der Waals surface area contributed by atoms with Crippen LogP contribution in [-0.2, 0) is 22.4 Å². The van der Waals surface area contributed by atoms with Gasteiger partial charge in [0.25, 0.3) is 5.91 Å². The Labute approximate surface area is 278 Å². The number of phenolic OH excluding ortho intramolecular Hbond substituents is 1. The maximum absolute atomic E-state index is 13.9. The molecule has 0 saturated carbocycles. The molecule has 4 aliphatic heterocycles. The topological polar surface area (TPSA) is 126 Å². The van der Waals surface area contributed by atoms with Crippen molar-refractivity contribution in [2.75, 3.05) is 51.1 Å². The fourth-order valence-corrected chi connectivity index (χ4v) is 7.76. The normalized spacial score (nSPS) is 22.5. The number of likely N-dealkylation sites (tertiary alicyclic amines) is 3. The molecule has 6 rings (SSSR count). The lowest BCUT2D eigenvalue weighted by Gasteiger charge is -2.42. The minimum atomic E-state index is -1.01. The standard InChI is InChI=1S/C34H44BrN5O6/c35-28-20-23(7-8-30(28)42)21-31(32(43)37-15-10-25(11-16-37)39-14-3-5-27(41)22-39)46-34(45)38-17-12-26(13-18-38)40-19-9-24-4-1-2-6-29(24)36-33(40)44/h1-2,4,6-8,20,25-27,31,41-42H,3,5,9-19,21-22H2,(H,36,44)/t27-,31-/m1/s1. The number of nitrogens with zero attached hydrogens (tertiary/aromatic N) is 4. The number of β-amino-alcohol motifs (C(OH)–C–C–N with tert-alkyl or cyclic N) is 1. The van der Waals surface area contributed by atoms with Gasteiger partial charge < -0.3 is 35.0 Å². The van der Waals surface area contributed by atoms with Crippen molar-refractivity contribution in [3.05, 3.63) is 58.1 Å². The largest absolute Gasteiger partial charge is 0.507 e. The lowest BCUT2D eigenvalue weighted by molar-refractivity contribution is -0.142. The Kier molecular flexibility index (Phi) is 10.3. The molecule has 0 radical (unpaired) electrons. The highest BCUT2D eigenvalue weighted by atomic mass is 79.9. The Hall–Kier alpha value is -3.35. The third-order valence-corrected chi connectivity index (χ3v) is 10.6. The first-order valence-electron chi connectivity index (χ1n) is 16.5. The predicted molar refractivity (Wildman–Crippen MR) is 177 cm³/mol. The molecule has 2 aromatic rings. The van der Waals surface area contributed by atoms with Gasteiger partial charge in [0.05, 0.1) is 10.6 Å². The summed E-state index contributed by atoms with van der Waals surface area (Å²) in [7, 11) is 0. The van der Waals surface area contributed by atoms with Crippen LogP contribution in [0.15, 0.2) is 46.9 Å². The van der Waals surface area contributed by atoms with Crippen LogP contribution in [0.25, 0.3) is 0 Å². The van der Waals surface area contributed by atoms with Gasteiger partial charge in [0.2, 0.25) is 0 Å². The number of piperidine rings is 3. The summed E-state index contributed by atoms with van der Waals surface area (Å²) in [5.41, 5.74) is 2.73. The fraction of sp³-hybridized carbons (Fsp3) is 0.559. The number of hydrogen-bond acceptors (Lipinski definition) is 7. The van der Waals surface area contributed by atoms with Gasteiger partial charge >= 0.3 is 12.1 Å². The third kappa shape index (κ3) is 7.61. The molecule has 11 nitrogen and oxygen atoms in total. The Morgan fingerprint density at radius 2 is 1.65 bits per heavy atom. The number of halogens is 1. The third-order valence-electron chi connectivity index (χ3n) is 9.98. The minimum Gasteiger partial charge on any atom is -0.507 e. The van der Waals surface area contributed by atoms with E-state index in [-0.39, 0.29) is 36.3 Å². The van der Waals surface area contributed by atoms with Crippen molar-refractivity contribution in [2.24, 2.45) is 0 Å². The number of anilines is 1. The van der Waals surface area contributed by atoms with Crippen molar-refractivity contribution in [1.82, 2.24) is 19.6 Å². The summed E-state index contributed by atoms with van der Waals surface area (Å²) in [6, 6.07) is 13.1. The van der Waals surface area contributed by atoms with Gasteiger partial charge in [0.15, 0.2) is 6.10 Å². The number of carbonyl (C=O) groups is 3. The quantitative estimate of drug-likeness (QED) is 0.413. The van der Waals surface area contributed by atoms with Gasteiger partial charge in [-0.1, -0.05) is 24.3 Å². The molecule has 3 saturated heterocycles. The molecule has 46 heavy (non-hydrogen) atoms. The minimum absolute atomic E-state index is 0.00690. The molecule has 4 aliphatic rings. The smallest absolute Gasteiger partial charge is 0.410 e. The van der Waals surface area contributed by atoms with E-state index in [2.05, 4.69) is 26.1 Å². The van der Waals surface area contributed by atoms with Gasteiger partial charge in [-0.15, -0.1) is 0 Å². The molecule has 2 aromatic carbocycles. The molecule has 0 aromatic heterocycles. The molecule has 0 spiro atoms. The first kappa shape index (κ1) is 32.6. The molecule has 4 amide bonds. The van der Waals surface area contributed by atoms with Gasteiger partial charge in [-0.3, -0.25) is 9.69 Å². The van der Waals surface area contributed by atoms with Gasteiger partial charge in [0.1, 0.15) is 5.75 Å². The van der Waals surface area contributed by atoms with Gasteiger partial charge in [-0.25, -0.2) is 9.59 Å². The SMILES string of the molecule is O=C(O[C@H](Cc1ccc(O)c(Br)c1)C(=O)N1CCC(N2CCC[C@@H](O)C2)CC1)N1CCC(N2CCc3ccccc3NC2=O)CC1. The van der Waals surface area contributed by atoms with Gasteiger partial charge in [0, 0.05) is 63.5 Å². The molecule has 2 atom stereocenters. The van der Waals surface area contributed by atoms with Crippen LogP contribution in [0.4, 0.5) is 15.3 Å². The second-order valence-corrected chi connectivity index (χ2v) is 13.8. The fourth-order valence-electron chi connectivity index (χ4n) is 7.34. The maximum Gasteiger partial charge on any atom is 0.410 e. The molecular weight excluding hydrogens is 654 g/mol. The number of nitrogens with one attached hydrogen (secondary N) is 1. The van der Waals surface area contributed by atoms with Crippen LogP contribution in [0.1, 0.15) is 49.7 Å². The number of phenols is 1. The summed E-state index contributed by atoms with van der Waals surface area (Å²) in [4.78, 5) is 48.1. The summed E-state index contributed by atoms with van der Waals surface area (Å²) < 4.78 is 6.49. The number of ether oxygens (including phenoxy) is 1. The lowest BCUT2D eigenvalue weighted by atomic mass is 9.98. The zero-order valence-corrected chi connectivity index (χ0v) is 27.7. The highest BCUT2D eigenvalue weighted by Gasteiger charge is 2.36. The van der Waals surface area contributed by atoms with E-state index in [1.54, 1.807) is 28.0 Å². The Morgan fingerprint density at radius 1 is 0.935 bits per heavy atom. The number of urea groups is 1. The van der Waals surface area contributed by atoms with Crippen molar-refractivity contribution >= 4 is 39.6 Å². The van der Waals surface area contributed by atoms with Crippen LogP contribution in [0, 0.1) is 0 Å². The van der Waals surface area contributed by atoms with Crippen LogP contribution in [0.5, 0.6) is 5.75 Å². The Morgan fingerprint density at radius 3 is 2.39 bits per heavy atom. The molecule has 4 heterocycles. The van der Waals surface area contributed by atoms with E-state index in [9.17, 15) is 24.6 Å².